The largest absolute Gasteiger partial charge is 0.573 e. The molecule has 2 aliphatic carbocycles. The fourth-order valence-electron chi connectivity index (χ4n) is 6.43. The predicted octanol–water partition coefficient (Wildman–Crippen LogP) is 9.60. The molecule has 3 nitrogen and oxygen atoms in total. The quantitative estimate of drug-likeness (QED) is 0.132. The van der Waals surface area contributed by atoms with Crippen LogP contribution < -0.4 is 9.47 Å². The van der Waals surface area contributed by atoms with Crippen LogP contribution in [0, 0.1) is 23.6 Å². The molecular weight excluding hydrogens is 496 g/mol. The van der Waals surface area contributed by atoms with Crippen LogP contribution in [0.4, 0.5) is 17.6 Å². The number of hydrogen-bond donors (Lipinski definition) is 0. The van der Waals surface area contributed by atoms with Crippen molar-refractivity contribution in [2.75, 3.05) is 0 Å². The molecular formula is C31H38F4O3. The average molecular weight is 535 g/mol. The molecule has 0 saturated heterocycles. The van der Waals surface area contributed by atoms with Crippen molar-refractivity contribution < 1.29 is 31.8 Å². The van der Waals surface area contributed by atoms with Gasteiger partial charge in [0.1, 0.15) is 17.3 Å². The molecule has 38 heavy (non-hydrogen) atoms. The number of benzene rings is 2. The summed E-state index contributed by atoms with van der Waals surface area (Å²) in [5.41, 5.74) is 0.724. The molecule has 208 valence electrons. The highest BCUT2D eigenvalue weighted by atomic mass is 19.4. The van der Waals surface area contributed by atoms with Gasteiger partial charge in [0.2, 0.25) is 0 Å². The Morgan fingerprint density at radius 1 is 0.868 bits per heavy atom. The van der Waals surface area contributed by atoms with Crippen molar-refractivity contribution in [1.29, 1.82) is 0 Å². The molecule has 0 radical (unpaired) electrons. The molecule has 2 aromatic carbocycles. The summed E-state index contributed by atoms with van der Waals surface area (Å²) in [6.45, 7) is 2.25. The smallest absolute Gasteiger partial charge is 0.423 e. The van der Waals surface area contributed by atoms with Gasteiger partial charge in [-0.2, -0.15) is 0 Å². The van der Waals surface area contributed by atoms with E-state index in [1.54, 1.807) is 12.1 Å². The SMILES string of the molecule is CCCCCCC[C@H]1CC[C@@H]2CC(c3ccc(C(=O)Oc4ccc(OC(F)(F)F)cc4)cc3F)CC[C@H]2C1. The van der Waals surface area contributed by atoms with E-state index in [1.165, 1.54) is 76.0 Å². The first-order valence-corrected chi connectivity index (χ1v) is 14.1. The van der Waals surface area contributed by atoms with E-state index < -0.39 is 23.9 Å². The van der Waals surface area contributed by atoms with Gasteiger partial charge in [0, 0.05) is 0 Å². The van der Waals surface area contributed by atoms with Crippen molar-refractivity contribution in [2.24, 2.45) is 17.8 Å². The molecule has 4 rings (SSSR count). The lowest BCUT2D eigenvalue weighted by molar-refractivity contribution is -0.274. The molecule has 2 aliphatic rings. The van der Waals surface area contributed by atoms with E-state index in [9.17, 15) is 18.0 Å². The van der Waals surface area contributed by atoms with Gasteiger partial charge in [0.15, 0.2) is 0 Å². The van der Waals surface area contributed by atoms with Gasteiger partial charge in [0.05, 0.1) is 5.56 Å². The normalized spacial score (nSPS) is 23.5. The second-order valence-electron chi connectivity index (χ2n) is 11.1. The first-order chi connectivity index (χ1) is 18.2. The van der Waals surface area contributed by atoms with E-state index in [2.05, 4.69) is 11.7 Å². The summed E-state index contributed by atoms with van der Waals surface area (Å²) in [5, 5.41) is 0. The molecule has 1 unspecified atom stereocenters. The number of hydrogen-bond acceptors (Lipinski definition) is 3. The molecule has 0 bridgehead atoms. The molecule has 0 aliphatic heterocycles. The number of halogens is 4. The number of alkyl halides is 3. The van der Waals surface area contributed by atoms with E-state index in [4.69, 9.17) is 4.74 Å². The minimum absolute atomic E-state index is 0.0453. The van der Waals surface area contributed by atoms with Crippen molar-refractivity contribution in [1.82, 2.24) is 0 Å². The minimum Gasteiger partial charge on any atom is -0.423 e. The molecule has 0 heterocycles. The second-order valence-corrected chi connectivity index (χ2v) is 11.1. The molecule has 0 aromatic heterocycles. The highest BCUT2D eigenvalue weighted by Gasteiger charge is 2.36. The lowest BCUT2D eigenvalue weighted by Gasteiger charge is -2.42. The summed E-state index contributed by atoms with van der Waals surface area (Å²) in [7, 11) is 0. The van der Waals surface area contributed by atoms with Crippen LogP contribution in [0.1, 0.15) is 106 Å². The third-order valence-corrected chi connectivity index (χ3v) is 8.38. The van der Waals surface area contributed by atoms with Gasteiger partial charge in [-0.25, -0.2) is 9.18 Å². The summed E-state index contributed by atoms with van der Waals surface area (Å²) in [6, 6.07) is 8.98. The summed E-state index contributed by atoms with van der Waals surface area (Å²) < 4.78 is 61.1. The molecule has 0 N–H and O–H groups in total. The first kappa shape index (κ1) is 28.4. The molecule has 0 spiro atoms. The summed E-state index contributed by atoms with van der Waals surface area (Å²) in [5.74, 6) is 0.874. The standard InChI is InChI=1S/C31H38F4O3/c1-2-3-4-5-6-7-21-8-9-23-19-24(11-10-22(23)18-21)28-17-12-25(20-29(28)32)30(36)37-26-13-15-27(16-14-26)38-31(33,34)35/h12-17,20-24H,2-11,18-19H2,1H3/t21-,22-,23+,24?/m0/s1. The molecule has 2 aromatic rings. The van der Waals surface area contributed by atoms with Gasteiger partial charge in [-0.3, -0.25) is 0 Å². The van der Waals surface area contributed by atoms with Gasteiger partial charge >= 0.3 is 12.3 Å². The van der Waals surface area contributed by atoms with Gasteiger partial charge in [-0.15, -0.1) is 13.2 Å². The van der Waals surface area contributed by atoms with Gasteiger partial charge < -0.3 is 9.47 Å². The van der Waals surface area contributed by atoms with Gasteiger partial charge in [-0.1, -0.05) is 57.9 Å². The summed E-state index contributed by atoms with van der Waals surface area (Å²) in [4.78, 5) is 12.5. The summed E-state index contributed by atoms with van der Waals surface area (Å²) >= 11 is 0. The van der Waals surface area contributed by atoms with Crippen LogP contribution in [0.5, 0.6) is 11.5 Å². The first-order valence-electron chi connectivity index (χ1n) is 14.1. The Labute approximate surface area is 222 Å². The maximum atomic E-state index is 15.1. The maximum absolute atomic E-state index is 15.1. The van der Waals surface area contributed by atoms with Crippen molar-refractivity contribution in [2.45, 2.75) is 96.3 Å². The van der Waals surface area contributed by atoms with E-state index in [1.807, 2.05) is 0 Å². The van der Waals surface area contributed by atoms with Crippen LogP contribution in [0.3, 0.4) is 0 Å². The van der Waals surface area contributed by atoms with Crippen LogP contribution in [-0.4, -0.2) is 12.3 Å². The average Bonchev–Trinajstić information content (AvgIpc) is 2.88. The van der Waals surface area contributed by atoms with Crippen LogP contribution >= 0.6 is 0 Å². The number of fused-ring (bicyclic) bond motifs is 1. The van der Waals surface area contributed by atoms with Gasteiger partial charge in [0.25, 0.3) is 0 Å². The number of ether oxygens (including phenoxy) is 2. The van der Waals surface area contributed by atoms with Crippen molar-refractivity contribution in [3.63, 3.8) is 0 Å². The van der Waals surface area contributed by atoms with E-state index in [0.717, 1.165) is 43.2 Å². The molecule has 7 heteroatoms. The van der Waals surface area contributed by atoms with Crippen molar-refractivity contribution in [3.8, 4) is 11.5 Å². The zero-order valence-electron chi connectivity index (χ0n) is 22.1. The van der Waals surface area contributed by atoms with Crippen LogP contribution in [0.25, 0.3) is 0 Å². The Kier molecular flexibility index (Phi) is 9.72. The summed E-state index contributed by atoms with van der Waals surface area (Å²) in [6.07, 6.45) is 10.2. The van der Waals surface area contributed by atoms with Gasteiger partial charge in [-0.05, 0) is 97.7 Å². The molecule has 2 saturated carbocycles. The van der Waals surface area contributed by atoms with Crippen LogP contribution in [-0.2, 0) is 0 Å². The molecule has 0 amide bonds. The Morgan fingerprint density at radius 2 is 1.55 bits per heavy atom. The number of esters is 1. The zero-order chi connectivity index (χ0) is 27.1. The van der Waals surface area contributed by atoms with Crippen LogP contribution in [0.2, 0.25) is 0 Å². The number of unbranched alkanes of at least 4 members (excludes halogenated alkanes) is 4. The van der Waals surface area contributed by atoms with Crippen molar-refractivity contribution in [3.05, 3.63) is 59.4 Å². The zero-order valence-corrected chi connectivity index (χ0v) is 22.1. The highest BCUT2D eigenvalue weighted by molar-refractivity contribution is 5.91. The molecule has 2 fully saturated rings. The second kappa shape index (κ2) is 13.0. The Bertz CT molecular complexity index is 1050. The lowest BCUT2D eigenvalue weighted by Crippen LogP contribution is -2.30. The fourth-order valence-corrected chi connectivity index (χ4v) is 6.43. The Hall–Kier alpha value is -2.57. The maximum Gasteiger partial charge on any atom is 0.573 e. The van der Waals surface area contributed by atoms with E-state index >= 15 is 4.39 Å². The third kappa shape index (κ3) is 7.97. The van der Waals surface area contributed by atoms with Crippen molar-refractivity contribution >= 4 is 5.97 Å². The molecule has 4 atom stereocenters. The van der Waals surface area contributed by atoms with Crippen LogP contribution in [0.15, 0.2) is 42.5 Å². The lowest BCUT2D eigenvalue weighted by atomic mass is 9.63. The highest BCUT2D eigenvalue weighted by Crippen LogP contribution is 2.48. The third-order valence-electron chi connectivity index (χ3n) is 8.38. The van der Waals surface area contributed by atoms with E-state index in [0.29, 0.717) is 11.5 Å². The topological polar surface area (TPSA) is 35.5 Å². The predicted molar refractivity (Wildman–Crippen MR) is 139 cm³/mol. The minimum atomic E-state index is -4.80. The number of carbonyl (C=O) groups excluding carboxylic acids is 1. The fraction of sp³-hybridized carbons (Fsp3) is 0.581. The monoisotopic (exact) mass is 534 g/mol. The Balaban J connectivity index is 1.28. The number of carbonyl (C=O) groups is 1. The number of rotatable bonds is 10. The van der Waals surface area contributed by atoms with E-state index in [-0.39, 0.29) is 17.2 Å². The Morgan fingerprint density at radius 3 is 2.26 bits per heavy atom.